The van der Waals surface area contributed by atoms with E-state index in [4.69, 9.17) is 14.9 Å². The third-order valence-corrected chi connectivity index (χ3v) is 2.09. The van der Waals surface area contributed by atoms with Crippen molar-refractivity contribution in [2.24, 2.45) is 0 Å². The summed E-state index contributed by atoms with van der Waals surface area (Å²) in [6.07, 6.45) is -0.891. The minimum atomic E-state index is -0.891. The van der Waals surface area contributed by atoms with Crippen LogP contribution in [0.25, 0.3) is 0 Å². The summed E-state index contributed by atoms with van der Waals surface area (Å²) in [5, 5.41) is 29.0. The molecule has 1 atom stereocenters. The topological polar surface area (TPSA) is 69.6 Å². The van der Waals surface area contributed by atoms with Gasteiger partial charge in [0.1, 0.15) is 18.5 Å². The largest absolute Gasteiger partial charge is 0.491 e. The van der Waals surface area contributed by atoms with Gasteiger partial charge in [-0.25, -0.2) is 0 Å². The van der Waals surface area contributed by atoms with E-state index in [1.165, 1.54) is 0 Å². The molecule has 1 radical (unpaired) electrons. The minimum absolute atomic E-state index is 0.00468. The molecule has 0 spiro atoms. The molecule has 4 heteroatoms. The van der Waals surface area contributed by atoms with Gasteiger partial charge in [-0.05, 0) is 26.0 Å². The van der Waals surface area contributed by atoms with Crippen molar-refractivity contribution in [1.29, 1.82) is 0 Å². The molecular formula is C11H15O4. The van der Waals surface area contributed by atoms with Crippen molar-refractivity contribution in [3.8, 4) is 11.5 Å². The summed E-state index contributed by atoms with van der Waals surface area (Å²) in [7, 11) is 0. The van der Waals surface area contributed by atoms with Crippen molar-refractivity contribution >= 4 is 0 Å². The van der Waals surface area contributed by atoms with Gasteiger partial charge < -0.3 is 14.9 Å². The molecule has 0 saturated heterocycles. The van der Waals surface area contributed by atoms with Crippen LogP contribution in [0.4, 0.5) is 0 Å². The fraction of sp³-hybridized carbons (Fsp3) is 0.455. The van der Waals surface area contributed by atoms with Gasteiger partial charge in [-0.15, -0.1) is 0 Å². The molecule has 1 aromatic carbocycles. The average molecular weight is 211 g/mol. The maximum atomic E-state index is 11.4. The number of rotatable bonds is 4. The first-order valence-electron chi connectivity index (χ1n) is 4.74. The fourth-order valence-electron chi connectivity index (χ4n) is 1.24. The average Bonchev–Trinajstić information content (AvgIpc) is 2.22. The van der Waals surface area contributed by atoms with Crippen molar-refractivity contribution < 1.29 is 20.1 Å². The van der Waals surface area contributed by atoms with Gasteiger partial charge in [0.15, 0.2) is 5.75 Å². The molecular weight excluding hydrogens is 196 g/mol. The molecule has 0 heterocycles. The van der Waals surface area contributed by atoms with Crippen molar-refractivity contribution in [1.82, 2.24) is 0 Å². The molecule has 1 aromatic rings. The highest BCUT2D eigenvalue weighted by atomic mass is 16.5. The maximum Gasteiger partial charge on any atom is 0.184 e. The molecule has 15 heavy (non-hydrogen) atoms. The van der Waals surface area contributed by atoms with Gasteiger partial charge in [0, 0.05) is 11.1 Å². The number of ether oxygens (including phenoxy) is 1. The Bertz CT molecular complexity index is 312. The predicted molar refractivity (Wildman–Crippen MR) is 54.6 cm³/mol. The molecule has 2 N–H and O–H groups in total. The smallest absolute Gasteiger partial charge is 0.184 e. The Hall–Kier alpha value is -1.26. The van der Waals surface area contributed by atoms with E-state index in [9.17, 15) is 5.11 Å². The molecule has 0 aliphatic heterocycles. The molecule has 0 aliphatic carbocycles. The number of aliphatic hydroxyl groups is 2. The van der Waals surface area contributed by atoms with E-state index in [0.29, 0.717) is 16.9 Å². The van der Waals surface area contributed by atoms with E-state index in [1.807, 2.05) is 0 Å². The van der Waals surface area contributed by atoms with Gasteiger partial charge in [0.2, 0.25) is 0 Å². The lowest BCUT2D eigenvalue weighted by molar-refractivity contribution is 0.0535. The van der Waals surface area contributed by atoms with Gasteiger partial charge in [0.25, 0.3) is 0 Å². The monoisotopic (exact) mass is 211 g/mol. The molecule has 0 bridgehead atoms. The van der Waals surface area contributed by atoms with Crippen LogP contribution in [-0.2, 0) is 5.11 Å². The van der Waals surface area contributed by atoms with Gasteiger partial charge in [0.05, 0.1) is 6.61 Å². The Labute approximate surface area is 88.8 Å². The first kappa shape index (κ1) is 11.8. The fourth-order valence-corrected chi connectivity index (χ4v) is 1.24. The van der Waals surface area contributed by atoms with Gasteiger partial charge in [-0.2, -0.15) is 0 Å². The number of benzene rings is 1. The Kier molecular flexibility index (Phi) is 3.94. The zero-order valence-corrected chi connectivity index (χ0v) is 8.86. The summed E-state index contributed by atoms with van der Waals surface area (Å²) >= 11 is 0. The second kappa shape index (κ2) is 5.00. The van der Waals surface area contributed by atoms with Crippen LogP contribution in [0.5, 0.6) is 11.5 Å². The zero-order chi connectivity index (χ0) is 11.4. The lowest BCUT2D eigenvalue weighted by atomic mass is 10.1. The van der Waals surface area contributed by atoms with E-state index in [1.54, 1.807) is 26.0 Å². The highest BCUT2D eigenvalue weighted by Crippen LogP contribution is 2.27. The molecule has 0 saturated carbocycles. The zero-order valence-electron chi connectivity index (χ0n) is 8.86. The highest BCUT2D eigenvalue weighted by molar-refractivity contribution is 5.44. The van der Waals surface area contributed by atoms with Crippen molar-refractivity contribution in [2.75, 3.05) is 13.2 Å². The van der Waals surface area contributed by atoms with E-state index in [2.05, 4.69) is 0 Å². The predicted octanol–water partition coefficient (Wildman–Crippen LogP) is 1.18. The number of hydrogen-bond acceptors (Lipinski definition) is 3. The van der Waals surface area contributed by atoms with Gasteiger partial charge in [-0.3, -0.25) is 5.11 Å². The lowest BCUT2D eigenvalue weighted by Crippen LogP contribution is -2.21. The van der Waals surface area contributed by atoms with Crippen molar-refractivity contribution in [2.45, 2.75) is 20.0 Å². The first-order valence-corrected chi connectivity index (χ1v) is 4.74. The first-order chi connectivity index (χ1) is 7.04. The van der Waals surface area contributed by atoms with Crippen LogP contribution < -0.4 is 4.74 Å². The number of aliphatic hydroxyl groups excluding tert-OH is 2. The Balaban J connectivity index is 2.70. The number of aryl methyl sites for hydroxylation is 2. The van der Waals surface area contributed by atoms with Crippen LogP contribution in [-0.4, -0.2) is 29.5 Å². The van der Waals surface area contributed by atoms with Crippen LogP contribution >= 0.6 is 0 Å². The highest BCUT2D eigenvalue weighted by Gasteiger charge is 2.08. The van der Waals surface area contributed by atoms with Crippen LogP contribution in [0, 0.1) is 13.8 Å². The van der Waals surface area contributed by atoms with Gasteiger partial charge in [-0.1, -0.05) is 0 Å². The molecule has 1 rings (SSSR count). The van der Waals surface area contributed by atoms with Crippen molar-refractivity contribution in [3.63, 3.8) is 0 Å². The van der Waals surface area contributed by atoms with Crippen LogP contribution in [0.1, 0.15) is 11.1 Å². The molecule has 0 amide bonds. The summed E-state index contributed by atoms with van der Waals surface area (Å²) in [6, 6.07) is 3.25. The van der Waals surface area contributed by atoms with E-state index in [-0.39, 0.29) is 19.0 Å². The molecule has 83 valence electrons. The third-order valence-electron chi connectivity index (χ3n) is 2.09. The minimum Gasteiger partial charge on any atom is -0.491 e. The second-order valence-corrected chi connectivity index (χ2v) is 3.53. The van der Waals surface area contributed by atoms with Gasteiger partial charge >= 0.3 is 0 Å². The Morgan fingerprint density at radius 1 is 1.33 bits per heavy atom. The van der Waals surface area contributed by atoms with Crippen LogP contribution in [0.3, 0.4) is 0 Å². The summed E-state index contributed by atoms with van der Waals surface area (Å²) in [4.78, 5) is 0. The van der Waals surface area contributed by atoms with Crippen LogP contribution in [0.2, 0.25) is 0 Å². The molecule has 4 nitrogen and oxygen atoms in total. The SMILES string of the molecule is Cc1cc(OCC(O)CO)cc(C)c1[O]. The summed E-state index contributed by atoms with van der Waals surface area (Å²) in [6.45, 7) is 3.11. The normalized spacial score (nSPS) is 12.5. The molecule has 0 aromatic heterocycles. The Morgan fingerprint density at radius 3 is 2.33 bits per heavy atom. The second-order valence-electron chi connectivity index (χ2n) is 3.53. The lowest BCUT2D eigenvalue weighted by Gasteiger charge is -2.11. The summed E-state index contributed by atoms with van der Waals surface area (Å²) in [5.41, 5.74) is 1.23. The molecule has 1 unspecified atom stereocenters. The van der Waals surface area contributed by atoms with E-state index >= 15 is 0 Å². The summed E-state index contributed by atoms with van der Waals surface area (Å²) in [5.74, 6) is 0.544. The van der Waals surface area contributed by atoms with E-state index in [0.717, 1.165) is 0 Å². The maximum absolute atomic E-state index is 11.4. The molecule has 0 fully saturated rings. The van der Waals surface area contributed by atoms with E-state index < -0.39 is 6.10 Å². The quantitative estimate of drug-likeness (QED) is 0.785. The molecule has 0 aliphatic rings. The third kappa shape index (κ3) is 3.11. The van der Waals surface area contributed by atoms with Crippen LogP contribution in [0.15, 0.2) is 12.1 Å². The Morgan fingerprint density at radius 2 is 1.87 bits per heavy atom. The summed E-state index contributed by atoms with van der Waals surface area (Å²) < 4.78 is 5.23. The van der Waals surface area contributed by atoms with Crippen molar-refractivity contribution in [3.05, 3.63) is 23.3 Å². The standard InChI is InChI=1S/C11H15O4/c1-7-3-10(4-8(2)11(7)14)15-6-9(13)5-12/h3-4,9,12-13H,5-6H2,1-2H3. The number of hydrogen-bond donors (Lipinski definition) is 2.